The van der Waals surface area contributed by atoms with Gasteiger partial charge in [0.2, 0.25) is 0 Å². The summed E-state index contributed by atoms with van der Waals surface area (Å²) in [6.07, 6.45) is -1.20. The standard InChI is InChI=1S/C11H10F2O2.C2H6/c1-2-15-11(14)9-6-4-3-5-8(9)7-10(12)13;1-2/h3-7H,2H2,1H3;1-2H3. The molecule has 0 aliphatic heterocycles. The highest BCUT2D eigenvalue weighted by Crippen LogP contribution is 2.15. The molecule has 0 aliphatic rings. The van der Waals surface area contributed by atoms with Crippen molar-refractivity contribution in [1.82, 2.24) is 0 Å². The minimum absolute atomic E-state index is 0.146. The number of ether oxygens (including phenoxy) is 1. The van der Waals surface area contributed by atoms with Gasteiger partial charge in [0, 0.05) is 6.08 Å². The molecular weight excluding hydrogens is 226 g/mol. The molecule has 1 aromatic rings. The minimum Gasteiger partial charge on any atom is -0.462 e. The lowest BCUT2D eigenvalue weighted by Gasteiger charge is -2.04. The second-order valence-electron chi connectivity index (χ2n) is 2.74. The normalized spacial score (nSPS) is 8.76. The SMILES string of the molecule is CC.CCOC(=O)c1ccccc1C=C(F)F. The first-order chi connectivity index (χ1) is 8.15. The summed E-state index contributed by atoms with van der Waals surface area (Å²) in [5.41, 5.74) is 0.308. The number of carbonyl (C=O) groups excluding carboxylic acids is 1. The fraction of sp³-hybridized carbons (Fsp3) is 0.308. The van der Waals surface area contributed by atoms with Crippen LogP contribution in [0.15, 0.2) is 30.3 Å². The molecule has 1 rings (SSSR count). The average molecular weight is 242 g/mol. The highest BCUT2D eigenvalue weighted by atomic mass is 19.3. The van der Waals surface area contributed by atoms with Crippen molar-refractivity contribution in [3.8, 4) is 0 Å². The van der Waals surface area contributed by atoms with Gasteiger partial charge in [-0.25, -0.2) is 4.79 Å². The molecule has 1 aromatic carbocycles. The molecule has 0 amide bonds. The van der Waals surface area contributed by atoms with E-state index in [1.165, 1.54) is 12.1 Å². The van der Waals surface area contributed by atoms with Crippen molar-refractivity contribution in [2.45, 2.75) is 20.8 Å². The van der Waals surface area contributed by atoms with E-state index in [4.69, 9.17) is 4.74 Å². The Balaban J connectivity index is 0.00000121. The monoisotopic (exact) mass is 242 g/mol. The van der Waals surface area contributed by atoms with Crippen LogP contribution in [-0.4, -0.2) is 12.6 Å². The molecule has 0 spiro atoms. The molecule has 2 nitrogen and oxygen atoms in total. The van der Waals surface area contributed by atoms with E-state index < -0.39 is 12.0 Å². The smallest absolute Gasteiger partial charge is 0.338 e. The van der Waals surface area contributed by atoms with Crippen molar-refractivity contribution < 1.29 is 18.3 Å². The van der Waals surface area contributed by atoms with E-state index >= 15 is 0 Å². The van der Waals surface area contributed by atoms with Crippen LogP contribution >= 0.6 is 0 Å². The quantitative estimate of drug-likeness (QED) is 0.745. The maximum atomic E-state index is 12.1. The summed E-state index contributed by atoms with van der Waals surface area (Å²) in [6.45, 7) is 5.88. The van der Waals surface area contributed by atoms with Crippen LogP contribution in [0.4, 0.5) is 8.78 Å². The molecule has 0 fully saturated rings. The van der Waals surface area contributed by atoms with E-state index in [-0.39, 0.29) is 17.7 Å². The van der Waals surface area contributed by atoms with Crippen LogP contribution in [0.3, 0.4) is 0 Å². The van der Waals surface area contributed by atoms with Gasteiger partial charge >= 0.3 is 5.97 Å². The molecule has 0 N–H and O–H groups in total. The maximum absolute atomic E-state index is 12.1. The molecule has 94 valence electrons. The van der Waals surface area contributed by atoms with E-state index in [1.807, 2.05) is 13.8 Å². The number of benzene rings is 1. The van der Waals surface area contributed by atoms with Gasteiger partial charge in [-0.3, -0.25) is 0 Å². The van der Waals surface area contributed by atoms with Crippen LogP contribution < -0.4 is 0 Å². The molecular formula is C13H16F2O2. The molecule has 0 saturated carbocycles. The number of halogens is 2. The zero-order chi connectivity index (χ0) is 13.3. The van der Waals surface area contributed by atoms with Gasteiger partial charge in [-0.15, -0.1) is 0 Å². The van der Waals surface area contributed by atoms with Crippen LogP contribution in [0.25, 0.3) is 6.08 Å². The van der Waals surface area contributed by atoms with Gasteiger partial charge in [0.05, 0.1) is 12.2 Å². The number of hydrogen-bond acceptors (Lipinski definition) is 2. The van der Waals surface area contributed by atoms with Crippen molar-refractivity contribution in [3.63, 3.8) is 0 Å². The highest BCUT2D eigenvalue weighted by Gasteiger charge is 2.10. The third kappa shape index (κ3) is 5.24. The summed E-state index contributed by atoms with van der Waals surface area (Å²) in [7, 11) is 0. The topological polar surface area (TPSA) is 26.3 Å². The second kappa shape index (κ2) is 8.44. The highest BCUT2D eigenvalue weighted by molar-refractivity contribution is 5.93. The Hall–Kier alpha value is -1.71. The predicted molar refractivity (Wildman–Crippen MR) is 63.9 cm³/mol. The molecule has 17 heavy (non-hydrogen) atoms. The summed E-state index contributed by atoms with van der Waals surface area (Å²) in [5, 5.41) is 0. The molecule has 0 radical (unpaired) electrons. The molecule has 0 aliphatic carbocycles. The summed E-state index contributed by atoms with van der Waals surface area (Å²) in [5.74, 6) is -0.592. The van der Waals surface area contributed by atoms with E-state index in [2.05, 4.69) is 0 Å². The van der Waals surface area contributed by atoms with Crippen molar-refractivity contribution in [2.75, 3.05) is 6.61 Å². The summed E-state index contributed by atoms with van der Waals surface area (Å²) >= 11 is 0. The molecule has 0 bridgehead atoms. The zero-order valence-corrected chi connectivity index (χ0v) is 10.2. The van der Waals surface area contributed by atoms with Gasteiger partial charge in [-0.1, -0.05) is 32.0 Å². The number of rotatable bonds is 3. The van der Waals surface area contributed by atoms with Gasteiger partial charge in [0.25, 0.3) is 6.08 Å². The third-order valence-corrected chi connectivity index (χ3v) is 1.72. The van der Waals surface area contributed by atoms with Gasteiger partial charge in [-0.05, 0) is 18.6 Å². The van der Waals surface area contributed by atoms with Gasteiger partial charge < -0.3 is 4.74 Å². The van der Waals surface area contributed by atoms with Crippen LogP contribution in [0, 0.1) is 0 Å². The Morgan fingerprint density at radius 2 is 1.88 bits per heavy atom. The van der Waals surface area contributed by atoms with Gasteiger partial charge in [0.15, 0.2) is 0 Å². The molecule has 0 heterocycles. The van der Waals surface area contributed by atoms with Crippen LogP contribution in [0.2, 0.25) is 0 Å². The lowest BCUT2D eigenvalue weighted by Crippen LogP contribution is -2.06. The third-order valence-electron chi connectivity index (χ3n) is 1.72. The Morgan fingerprint density at radius 1 is 1.29 bits per heavy atom. The number of hydrogen-bond donors (Lipinski definition) is 0. The maximum Gasteiger partial charge on any atom is 0.338 e. The predicted octanol–water partition coefficient (Wildman–Crippen LogP) is 4.13. The molecule has 0 aromatic heterocycles. The van der Waals surface area contributed by atoms with E-state index in [9.17, 15) is 13.6 Å². The Morgan fingerprint density at radius 3 is 2.41 bits per heavy atom. The van der Waals surface area contributed by atoms with Crippen LogP contribution in [-0.2, 0) is 4.74 Å². The Labute approximate surface area is 99.9 Å². The minimum atomic E-state index is -1.84. The Kier molecular flexibility index (Phi) is 7.59. The molecule has 0 unspecified atom stereocenters. The molecule has 0 atom stereocenters. The lowest BCUT2D eigenvalue weighted by molar-refractivity contribution is 0.0526. The summed E-state index contributed by atoms with van der Waals surface area (Å²) in [4.78, 5) is 11.4. The fourth-order valence-electron chi connectivity index (χ4n) is 1.14. The second-order valence-corrected chi connectivity index (χ2v) is 2.74. The molecule has 4 heteroatoms. The van der Waals surface area contributed by atoms with Crippen LogP contribution in [0.1, 0.15) is 36.7 Å². The van der Waals surface area contributed by atoms with Gasteiger partial charge in [0.1, 0.15) is 0 Å². The average Bonchev–Trinajstić information content (AvgIpc) is 2.32. The van der Waals surface area contributed by atoms with E-state index in [1.54, 1.807) is 19.1 Å². The van der Waals surface area contributed by atoms with Crippen LogP contribution in [0.5, 0.6) is 0 Å². The van der Waals surface area contributed by atoms with Crippen molar-refractivity contribution >= 4 is 12.0 Å². The first-order valence-corrected chi connectivity index (χ1v) is 5.44. The molecule has 0 saturated heterocycles. The Bertz CT molecular complexity index is 383. The van der Waals surface area contributed by atoms with Crippen molar-refractivity contribution in [3.05, 3.63) is 41.5 Å². The van der Waals surface area contributed by atoms with Crippen molar-refractivity contribution in [2.24, 2.45) is 0 Å². The summed E-state index contributed by atoms with van der Waals surface area (Å²) in [6, 6.07) is 6.06. The number of esters is 1. The first-order valence-electron chi connectivity index (χ1n) is 5.44. The van der Waals surface area contributed by atoms with Gasteiger partial charge in [-0.2, -0.15) is 8.78 Å². The zero-order valence-electron chi connectivity index (χ0n) is 10.2. The van der Waals surface area contributed by atoms with Crippen molar-refractivity contribution in [1.29, 1.82) is 0 Å². The fourth-order valence-corrected chi connectivity index (χ4v) is 1.14. The number of carbonyl (C=O) groups is 1. The lowest BCUT2D eigenvalue weighted by atomic mass is 10.1. The summed E-state index contributed by atoms with van der Waals surface area (Å²) < 4.78 is 28.9. The van der Waals surface area contributed by atoms with E-state index in [0.717, 1.165) is 0 Å². The largest absolute Gasteiger partial charge is 0.462 e. The van der Waals surface area contributed by atoms with E-state index in [0.29, 0.717) is 6.08 Å². The first kappa shape index (κ1) is 15.3.